The third kappa shape index (κ3) is 6.95. The molecular formula is C20H32O. The Hall–Kier alpha value is -1.08. The molecule has 0 aromatic carbocycles. The molecule has 0 bridgehead atoms. The minimum Gasteiger partial charge on any atom is -0.388 e. The number of hydrogen-bond donors (Lipinski definition) is 1. The van der Waals surface area contributed by atoms with E-state index in [9.17, 15) is 5.11 Å². The van der Waals surface area contributed by atoms with Gasteiger partial charge >= 0.3 is 0 Å². The Kier molecular flexibility index (Phi) is 7.74. The highest BCUT2D eigenvalue weighted by molar-refractivity contribution is 5.13. The minimum atomic E-state index is -0.400. The van der Waals surface area contributed by atoms with Gasteiger partial charge in [0.1, 0.15) is 0 Å². The monoisotopic (exact) mass is 288 g/mol. The van der Waals surface area contributed by atoms with Crippen molar-refractivity contribution in [3.63, 3.8) is 0 Å². The minimum absolute atomic E-state index is 0.170. The van der Waals surface area contributed by atoms with Crippen molar-refractivity contribution in [2.75, 3.05) is 0 Å². The quantitative estimate of drug-likeness (QED) is 0.611. The second kappa shape index (κ2) is 9.04. The van der Waals surface area contributed by atoms with Crippen LogP contribution >= 0.6 is 0 Å². The van der Waals surface area contributed by atoms with Crippen molar-refractivity contribution in [2.24, 2.45) is 5.92 Å². The van der Waals surface area contributed by atoms with Crippen molar-refractivity contribution in [2.45, 2.75) is 72.3 Å². The molecule has 1 rings (SSSR count). The summed E-state index contributed by atoms with van der Waals surface area (Å²) in [7, 11) is 0. The van der Waals surface area contributed by atoms with E-state index in [1.165, 1.54) is 16.7 Å². The summed E-state index contributed by atoms with van der Waals surface area (Å²) in [6.07, 6.45) is 12.8. The highest BCUT2D eigenvalue weighted by Crippen LogP contribution is 2.25. The molecule has 1 aliphatic rings. The van der Waals surface area contributed by atoms with Crippen molar-refractivity contribution in [3.8, 4) is 0 Å². The Balaban J connectivity index is 2.90. The van der Waals surface area contributed by atoms with Crippen molar-refractivity contribution in [1.82, 2.24) is 0 Å². The smallest absolute Gasteiger partial charge is 0.0788 e. The Morgan fingerprint density at radius 2 is 1.52 bits per heavy atom. The van der Waals surface area contributed by atoms with Crippen LogP contribution in [0.4, 0.5) is 0 Å². The van der Waals surface area contributed by atoms with E-state index in [1.807, 2.05) is 13.0 Å². The number of rotatable bonds is 1. The Morgan fingerprint density at radius 3 is 2.10 bits per heavy atom. The van der Waals surface area contributed by atoms with Gasteiger partial charge in [-0.15, -0.1) is 0 Å². The largest absolute Gasteiger partial charge is 0.388 e. The Labute approximate surface area is 131 Å². The molecule has 1 aliphatic carbocycles. The van der Waals surface area contributed by atoms with E-state index in [1.54, 1.807) is 0 Å². The summed E-state index contributed by atoms with van der Waals surface area (Å²) in [4.78, 5) is 0. The lowest BCUT2D eigenvalue weighted by Gasteiger charge is -2.22. The van der Waals surface area contributed by atoms with Crippen LogP contribution in [0.1, 0.15) is 66.2 Å². The van der Waals surface area contributed by atoms with Gasteiger partial charge in [-0.3, -0.25) is 0 Å². The fraction of sp³-hybridized carbons (Fsp3) is 0.600. The lowest BCUT2D eigenvalue weighted by Crippen LogP contribution is -2.19. The zero-order chi connectivity index (χ0) is 15.8. The normalized spacial score (nSPS) is 33.7. The fourth-order valence-electron chi connectivity index (χ4n) is 2.88. The van der Waals surface area contributed by atoms with E-state index >= 15 is 0 Å². The van der Waals surface area contributed by atoms with Gasteiger partial charge in [-0.25, -0.2) is 0 Å². The van der Waals surface area contributed by atoms with Crippen molar-refractivity contribution in [3.05, 3.63) is 47.1 Å². The Morgan fingerprint density at radius 1 is 1.00 bits per heavy atom. The molecule has 0 amide bonds. The molecule has 0 saturated carbocycles. The lowest BCUT2D eigenvalue weighted by atomic mass is 9.87. The van der Waals surface area contributed by atoms with Crippen LogP contribution in [0.5, 0.6) is 0 Å². The van der Waals surface area contributed by atoms with Gasteiger partial charge in [0.05, 0.1) is 6.10 Å². The van der Waals surface area contributed by atoms with Gasteiger partial charge in [-0.1, -0.05) is 47.1 Å². The first-order chi connectivity index (χ1) is 9.90. The highest BCUT2D eigenvalue weighted by Gasteiger charge is 2.18. The molecule has 0 aromatic rings. The van der Waals surface area contributed by atoms with E-state index in [0.717, 1.165) is 44.1 Å². The standard InChI is InChI=1S/C20H32O/c1-15(2)19-13-12-17(4)10-6-8-16(3)9-7-11-18(5)14-20(19)21/h9-10,14,19-21H,1,6-8,11-13H2,2-5H3/b16-9-,17-10+,18-14-/t19-,20-/m1/s1. The van der Waals surface area contributed by atoms with Crippen LogP contribution in [-0.4, -0.2) is 11.2 Å². The third-order valence-corrected chi connectivity index (χ3v) is 4.41. The summed E-state index contributed by atoms with van der Waals surface area (Å²) in [5, 5.41) is 10.5. The first kappa shape index (κ1) is 18.0. The second-order valence-corrected chi connectivity index (χ2v) is 6.67. The molecule has 118 valence electrons. The zero-order valence-electron chi connectivity index (χ0n) is 14.3. The molecule has 1 N–H and O–H groups in total. The van der Waals surface area contributed by atoms with Gasteiger partial charge in [0.25, 0.3) is 0 Å². The van der Waals surface area contributed by atoms with Crippen LogP contribution in [0.15, 0.2) is 47.1 Å². The predicted octanol–water partition coefficient (Wildman–Crippen LogP) is 5.73. The number of allylic oxidation sites excluding steroid dienone is 5. The first-order valence-electron chi connectivity index (χ1n) is 8.22. The zero-order valence-corrected chi connectivity index (χ0v) is 14.3. The van der Waals surface area contributed by atoms with Gasteiger partial charge in [-0.05, 0) is 66.2 Å². The van der Waals surface area contributed by atoms with Crippen molar-refractivity contribution >= 4 is 0 Å². The SMILES string of the molecule is C=C(C)[C@H]1CC/C(C)=C/CC/C(C)=C\CC/C(C)=C\[C@H]1O. The third-order valence-electron chi connectivity index (χ3n) is 4.41. The maximum Gasteiger partial charge on any atom is 0.0788 e. The molecule has 0 spiro atoms. The molecule has 0 heterocycles. The summed E-state index contributed by atoms with van der Waals surface area (Å²) < 4.78 is 0. The van der Waals surface area contributed by atoms with Gasteiger partial charge < -0.3 is 5.11 Å². The number of aliphatic hydroxyl groups is 1. The molecule has 21 heavy (non-hydrogen) atoms. The average Bonchev–Trinajstić information content (AvgIpc) is 2.37. The molecular weight excluding hydrogens is 256 g/mol. The maximum atomic E-state index is 10.5. The summed E-state index contributed by atoms with van der Waals surface area (Å²) in [6.45, 7) is 12.7. The maximum absolute atomic E-state index is 10.5. The summed E-state index contributed by atoms with van der Waals surface area (Å²) >= 11 is 0. The lowest BCUT2D eigenvalue weighted by molar-refractivity contribution is 0.165. The van der Waals surface area contributed by atoms with Gasteiger partial charge in [0.2, 0.25) is 0 Å². The topological polar surface area (TPSA) is 20.2 Å². The molecule has 0 aromatic heterocycles. The molecule has 0 aliphatic heterocycles. The predicted molar refractivity (Wildman–Crippen MR) is 93.3 cm³/mol. The van der Waals surface area contributed by atoms with E-state index in [0.29, 0.717) is 0 Å². The van der Waals surface area contributed by atoms with E-state index in [4.69, 9.17) is 0 Å². The molecule has 0 unspecified atom stereocenters. The van der Waals surface area contributed by atoms with Crippen LogP contribution in [0.25, 0.3) is 0 Å². The molecule has 2 atom stereocenters. The van der Waals surface area contributed by atoms with Crippen LogP contribution in [0.2, 0.25) is 0 Å². The van der Waals surface area contributed by atoms with Gasteiger partial charge in [0.15, 0.2) is 0 Å². The van der Waals surface area contributed by atoms with Crippen LogP contribution in [0, 0.1) is 5.92 Å². The first-order valence-corrected chi connectivity index (χ1v) is 8.22. The Bertz CT molecular complexity index is 437. The van der Waals surface area contributed by atoms with E-state index < -0.39 is 6.10 Å². The van der Waals surface area contributed by atoms with Crippen molar-refractivity contribution in [1.29, 1.82) is 0 Å². The molecule has 0 saturated heterocycles. The van der Waals surface area contributed by atoms with Crippen LogP contribution < -0.4 is 0 Å². The van der Waals surface area contributed by atoms with Crippen molar-refractivity contribution < 1.29 is 5.11 Å². The summed E-state index contributed by atoms with van der Waals surface area (Å²) in [5.74, 6) is 0.170. The molecule has 1 heteroatoms. The van der Waals surface area contributed by atoms with E-state index in [2.05, 4.69) is 39.5 Å². The van der Waals surface area contributed by atoms with E-state index in [-0.39, 0.29) is 5.92 Å². The van der Waals surface area contributed by atoms with Crippen LogP contribution in [-0.2, 0) is 0 Å². The molecule has 1 nitrogen and oxygen atoms in total. The van der Waals surface area contributed by atoms with Gasteiger partial charge in [-0.2, -0.15) is 0 Å². The number of hydrogen-bond acceptors (Lipinski definition) is 1. The second-order valence-electron chi connectivity index (χ2n) is 6.67. The molecule has 0 radical (unpaired) electrons. The summed E-state index contributed by atoms with van der Waals surface area (Å²) in [6, 6.07) is 0. The van der Waals surface area contributed by atoms with Crippen LogP contribution in [0.3, 0.4) is 0 Å². The molecule has 0 fully saturated rings. The van der Waals surface area contributed by atoms with Gasteiger partial charge in [0, 0.05) is 5.92 Å². The average molecular weight is 288 g/mol. The fourth-order valence-corrected chi connectivity index (χ4v) is 2.88. The number of aliphatic hydroxyl groups excluding tert-OH is 1. The highest BCUT2D eigenvalue weighted by atomic mass is 16.3. The summed E-state index contributed by atoms with van der Waals surface area (Å²) in [5.41, 5.74) is 5.27.